The van der Waals surface area contributed by atoms with Crippen molar-refractivity contribution in [3.63, 3.8) is 0 Å². The summed E-state index contributed by atoms with van der Waals surface area (Å²) in [5.41, 5.74) is 0. The van der Waals surface area contributed by atoms with Crippen molar-refractivity contribution >= 4 is 10.4 Å². The molecule has 70 valence electrons. The van der Waals surface area contributed by atoms with E-state index in [0.717, 1.165) is 0 Å². The molecule has 0 heterocycles. The quantitative estimate of drug-likeness (QED) is 0.243. The Labute approximate surface area is 123 Å². The maximum atomic E-state index is 8.58. The van der Waals surface area contributed by atoms with Gasteiger partial charge in [0.1, 0.15) is 0 Å². The molecular weight excluding hydrogens is 310 g/mol. The van der Waals surface area contributed by atoms with E-state index >= 15 is 0 Å². The van der Waals surface area contributed by atoms with Crippen LogP contribution >= 0.6 is 0 Å². The molecule has 0 aromatic carbocycles. The molecule has 0 aromatic rings. The van der Waals surface area contributed by atoms with E-state index in [4.69, 9.17) is 33.2 Å². The van der Waals surface area contributed by atoms with Gasteiger partial charge >= 0.3 is 97.1 Å². The summed E-state index contributed by atoms with van der Waals surface area (Å²) in [5, 5.41) is 0. The summed E-state index contributed by atoms with van der Waals surface area (Å²) in [7, 11) is -5.17. The minimum absolute atomic E-state index is 0. The standard InChI is InChI=1S/Fe.K.Mn.H2O4S.4O/c;;;1-5(2,3)4;;;;/h;;;(H2,1,2,3,4);;;;/q+2;+1;;;;;;-1/p-2. The second kappa shape index (κ2) is 9.46. The van der Waals surface area contributed by atoms with E-state index in [1.165, 1.54) is 0 Å². The number of rotatable bonds is 0. The third kappa shape index (κ3) is 390. The van der Waals surface area contributed by atoms with Crippen LogP contribution in [0.1, 0.15) is 0 Å². The van der Waals surface area contributed by atoms with Crippen LogP contribution in [0.15, 0.2) is 0 Å². The molecule has 0 saturated carbocycles. The van der Waals surface area contributed by atoms with Gasteiger partial charge in [0, 0.05) is 10.4 Å². The summed E-state index contributed by atoms with van der Waals surface area (Å²) in [4.78, 5) is 0. The molecule has 0 bridgehead atoms. The van der Waals surface area contributed by atoms with Crippen LogP contribution in [0.4, 0.5) is 0 Å². The van der Waals surface area contributed by atoms with E-state index in [1.807, 2.05) is 0 Å². The molecule has 12 heavy (non-hydrogen) atoms. The molecular formula is FeKMnO8S. The van der Waals surface area contributed by atoms with Crippen molar-refractivity contribution in [2.75, 3.05) is 0 Å². The van der Waals surface area contributed by atoms with Gasteiger partial charge < -0.3 is 9.11 Å². The van der Waals surface area contributed by atoms with Crippen molar-refractivity contribution in [1.29, 1.82) is 0 Å². The second-order valence-electron chi connectivity index (χ2n) is 0.786. The van der Waals surface area contributed by atoms with Gasteiger partial charge in [-0.05, 0) is 0 Å². The topological polar surface area (TPSA) is 155 Å². The summed E-state index contributed by atoms with van der Waals surface area (Å²) in [5.74, 6) is 0. The fourth-order valence-electron chi connectivity index (χ4n) is 0. The molecule has 0 rings (SSSR count). The first-order chi connectivity index (χ1) is 4.00. The Hall–Kier alpha value is 1.91. The van der Waals surface area contributed by atoms with Gasteiger partial charge in [-0.2, -0.15) is 0 Å². The van der Waals surface area contributed by atoms with Crippen LogP contribution in [0.2, 0.25) is 0 Å². The first-order valence-electron chi connectivity index (χ1n) is 1.28. The molecule has 8 nitrogen and oxygen atoms in total. The first-order valence-corrected chi connectivity index (χ1v) is 4.54. The van der Waals surface area contributed by atoms with Crippen LogP contribution in [0.3, 0.4) is 0 Å². The molecule has 0 unspecified atom stereocenters. The third-order valence-electron chi connectivity index (χ3n) is 0. The van der Waals surface area contributed by atoms with Gasteiger partial charge in [0.15, 0.2) is 0 Å². The van der Waals surface area contributed by atoms with Gasteiger partial charge in [-0.15, -0.1) is 0 Å². The van der Waals surface area contributed by atoms with E-state index in [9.17, 15) is 0 Å². The van der Waals surface area contributed by atoms with Crippen LogP contribution in [-0.2, 0) is 51.9 Å². The fourth-order valence-corrected chi connectivity index (χ4v) is 0. The average Bonchev–Trinajstić information content (AvgIpc) is 1.12. The molecule has 0 fully saturated rings. The van der Waals surface area contributed by atoms with Gasteiger partial charge in [-0.3, -0.25) is 8.42 Å². The molecule has 0 saturated heterocycles. The Kier molecular flexibility index (Phi) is 18.6. The monoisotopic (exact) mass is 310 g/mol. The second-order valence-corrected chi connectivity index (χ2v) is 2.78. The summed E-state index contributed by atoms with van der Waals surface area (Å²) in [6.45, 7) is 0. The van der Waals surface area contributed by atoms with Crippen LogP contribution in [-0.4, -0.2) is 17.5 Å². The first kappa shape index (κ1) is 23.6. The Morgan fingerprint density at radius 3 is 1.00 bits per heavy atom. The van der Waals surface area contributed by atoms with Gasteiger partial charge in [-0.25, -0.2) is 0 Å². The molecule has 12 heteroatoms. The molecule has 0 aliphatic carbocycles. The molecule has 0 spiro atoms. The van der Waals surface area contributed by atoms with Crippen LogP contribution < -0.4 is 55.6 Å². The van der Waals surface area contributed by atoms with Gasteiger partial charge in [0.2, 0.25) is 0 Å². The zero-order valence-corrected chi connectivity index (χ0v) is 11.6. The zero-order valence-electron chi connectivity index (χ0n) is 5.41. The van der Waals surface area contributed by atoms with Crippen LogP contribution in [0.5, 0.6) is 0 Å². The SMILES string of the molecule is O=S(=O)([O-])[O-].[Fe+2].[K+].[O]=[Mn](=[O])(=[O])[O-]. The molecule has 0 radical (unpaired) electrons. The van der Waals surface area contributed by atoms with Crippen LogP contribution in [0, 0.1) is 0 Å². The van der Waals surface area contributed by atoms with Crippen molar-refractivity contribution in [1.82, 2.24) is 0 Å². The van der Waals surface area contributed by atoms with Crippen molar-refractivity contribution in [3.8, 4) is 0 Å². The summed E-state index contributed by atoms with van der Waals surface area (Å²) in [6, 6.07) is 0. The number of hydrogen-bond acceptors (Lipinski definition) is 8. The van der Waals surface area contributed by atoms with Crippen molar-refractivity contribution in [2.24, 2.45) is 0 Å². The van der Waals surface area contributed by atoms with E-state index < -0.39 is 23.4 Å². The van der Waals surface area contributed by atoms with Gasteiger partial charge in [0.05, 0.1) is 0 Å². The molecule has 0 amide bonds. The molecule has 0 aliphatic heterocycles. The Morgan fingerprint density at radius 2 is 1.00 bits per heavy atom. The predicted molar refractivity (Wildman–Crippen MR) is 12.5 cm³/mol. The van der Waals surface area contributed by atoms with E-state index in [1.54, 1.807) is 0 Å². The van der Waals surface area contributed by atoms with E-state index in [2.05, 4.69) is 0 Å². The minimum atomic E-state index is -5.62. The molecule has 0 aromatic heterocycles. The fraction of sp³-hybridized carbons (Fsp3) is 0. The van der Waals surface area contributed by atoms with Gasteiger partial charge in [0.25, 0.3) is 0 Å². The average molecular weight is 310 g/mol. The normalized spacial score (nSPS) is 9.58. The van der Waals surface area contributed by atoms with Gasteiger partial charge in [-0.1, -0.05) is 0 Å². The predicted octanol–water partition coefficient (Wildman–Crippen LogP) is -5.88. The van der Waals surface area contributed by atoms with Crippen molar-refractivity contribution in [2.45, 2.75) is 0 Å². The molecule has 0 aliphatic rings. The summed E-state index contributed by atoms with van der Waals surface area (Å²) in [6.07, 6.45) is 0. The molecule has 0 atom stereocenters. The number of hydrogen-bond donors (Lipinski definition) is 0. The third-order valence-corrected chi connectivity index (χ3v) is 0. The van der Waals surface area contributed by atoms with E-state index in [-0.39, 0.29) is 68.5 Å². The Balaban J connectivity index is -0.0000000457. The maximum absolute atomic E-state index is 8.58. The molecule has 0 N–H and O–H groups in total. The van der Waals surface area contributed by atoms with Crippen molar-refractivity contribution < 1.29 is 115 Å². The Morgan fingerprint density at radius 1 is 1.00 bits per heavy atom. The summed E-state index contributed by atoms with van der Waals surface area (Å²) >= 11 is -5.62. The summed E-state index contributed by atoms with van der Waals surface area (Å²) < 4.78 is 68.4. The van der Waals surface area contributed by atoms with Crippen molar-refractivity contribution in [3.05, 3.63) is 0 Å². The zero-order chi connectivity index (χ0) is 9.00. The van der Waals surface area contributed by atoms with Crippen LogP contribution in [0.25, 0.3) is 0 Å². The Bertz CT molecular complexity index is 294. The van der Waals surface area contributed by atoms with E-state index in [0.29, 0.717) is 0 Å².